The third kappa shape index (κ3) is 85.9. The first-order valence-electron chi connectivity index (χ1n) is 43.8. The van der Waals surface area contributed by atoms with E-state index < -0.39 is 91.5 Å². The number of esters is 3. The molecule has 16 nitrogen and oxygen atoms in total. The molecule has 18 heteroatoms. The SMILES string of the molecule is CC/C=C\C/C=C\C/C=C\C/C=C\C/C=C\CCCCCCCCCCCCCCCCCCCC(=O)OCC(O)COP(=O)(O)OCC(O)COP(=O)(O)OCC(COC(=O)CCCCCCCCC/C=C\C/C=C\C/C=C\C/C=C\C/C=C\CC)OC(=O)CCCCCCCC/C=C\C/C=C\C/C=C\CCCCC. The van der Waals surface area contributed by atoms with Gasteiger partial charge in [0.1, 0.15) is 25.4 Å². The molecule has 111 heavy (non-hydrogen) atoms. The molecule has 4 N–H and O–H groups in total. The molecule has 0 aliphatic rings. The smallest absolute Gasteiger partial charge is 0.463 e. The minimum Gasteiger partial charge on any atom is -0.463 e. The molecule has 0 bridgehead atoms. The maximum Gasteiger partial charge on any atom is 0.472 e. The number of aliphatic hydroxyl groups is 2. The van der Waals surface area contributed by atoms with Crippen molar-refractivity contribution in [2.45, 2.75) is 373 Å². The van der Waals surface area contributed by atoms with E-state index in [-0.39, 0.29) is 19.3 Å². The van der Waals surface area contributed by atoms with Gasteiger partial charge in [0, 0.05) is 19.3 Å². The van der Waals surface area contributed by atoms with Gasteiger partial charge in [0.25, 0.3) is 0 Å². The van der Waals surface area contributed by atoms with E-state index in [2.05, 4.69) is 179 Å². The highest BCUT2D eigenvalue weighted by Crippen LogP contribution is 2.45. The minimum absolute atomic E-state index is 0.0837. The summed E-state index contributed by atoms with van der Waals surface area (Å²) < 4.78 is 61.3. The van der Waals surface area contributed by atoms with Crippen LogP contribution < -0.4 is 0 Å². The molecule has 0 aliphatic heterocycles. The Labute approximate surface area is 676 Å². The van der Waals surface area contributed by atoms with Crippen LogP contribution in [0.25, 0.3) is 0 Å². The van der Waals surface area contributed by atoms with E-state index in [1.807, 2.05) is 0 Å². The first-order valence-corrected chi connectivity index (χ1v) is 46.8. The van der Waals surface area contributed by atoms with Gasteiger partial charge in [-0.15, -0.1) is 0 Å². The molecule has 0 radical (unpaired) electrons. The Morgan fingerprint density at radius 1 is 0.261 bits per heavy atom. The fraction of sp³-hybridized carbons (Fsp3) is 0.688. The molecule has 0 aliphatic carbocycles. The number of ether oxygens (including phenoxy) is 3. The average molecular weight is 1590 g/mol. The molecule has 0 saturated carbocycles. The van der Waals surface area contributed by atoms with Crippen LogP contribution in [0.3, 0.4) is 0 Å². The van der Waals surface area contributed by atoms with Gasteiger partial charge in [0.2, 0.25) is 0 Å². The van der Waals surface area contributed by atoms with Crippen molar-refractivity contribution < 1.29 is 75.8 Å². The maximum absolute atomic E-state index is 13.0. The van der Waals surface area contributed by atoms with Crippen molar-refractivity contribution in [3.05, 3.63) is 158 Å². The number of phosphoric ester groups is 2. The van der Waals surface area contributed by atoms with Crippen molar-refractivity contribution in [3.63, 3.8) is 0 Å². The van der Waals surface area contributed by atoms with Gasteiger partial charge >= 0.3 is 33.6 Å². The van der Waals surface area contributed by atoms with Crippen LogP contribution in [-0.4, -0.2) is 95.9 Å². The summed E-state index contributed by atoms with van der Waals surface area (Å²) in [6, 6.07) is 0. The Balaban J connectivity index is 4.54. The van der Waals surface area contributed by atoms with Crippen LogP contribution in [0.1, 0.15) is 355 Å². The number of hydrogen-bond acceptors (Lipinski definition) is 14. The van der Waals surface area contributed by atoms with Crippen LogP contribution in [0.15, 0.2) is 158 Å². The zero-order valence-electron chi connectivity index (χ0n) is 69.8. The Kier molecular flexibility index (Phi) is 80.9. The molecule has 0 fully saturated rings. The summed E-state index contributed by atoms with van der Waals surface area (Å²) in [6.45, 7) is 2.43. The Morgan fingerprint density at radius 3 is 0.757 bits per heavy atom. The van der Waals surface area contributed by atoms with Crippen molar-refractivity contribution in [2.75, 3.05) is 39.6 Å². The number of carbonyl (C=O) groups excluding carboxylic acids is 3. The van der Waals surface area contributed by atoms with Gasteiger partial charge in [-0.3, -0.25) is 32.5 Å². The lowest BCUT2D eigenvalue weighted by atomic mass is 10.0. The second-order valence-corrected chi connectivity index (χ2v) is 31.8. The summed E-state index contributed by atoms with van der Waals surface area (Å²) in [7, 11) is -9.81. The predicted molar refractivity (Wildman–Crippen MR) is 463 cm³/mol. The summed E-state index contributed by atoms with van der Waals surface area (Å²) in [5.74, 6) is -1.60. The second-order valence-electron chi connectivity index (χ2n) is 28.9. The van der Waals surface area contributed by atoms with Crippen molar-refractivity contribution in [2.24, 2.45) is 0 Å². The lowest BCUT2D eigenvalue weighted by Crippen LogP contribution is -2.30. The normalized spacial score (nSPS) is 14.6. The minimum atomic E-state index is -4.95. The van der Waals surface area contributed by atoms with Gasteiger partial charge < -0.3 is 34.2 Å². The highest BCUT2D eigenvalue weighted by molar-refractivity contribution is 7.47. The molecule has 0 saturated heterocycles. The predicted octanol–water partition coefficient (Wildman–Crippen LogP) is 26.5. The molecule has 0 aromatic carbocycles. The second kappa shape index (κ2) is 84.6. The highest BCUT2D eigenvalue weighted by Gasteiger charge is 2.29. The molecule has 636 valence electrons. The van der Waals surface area contributed by atoms with E-state index >= 15 is 0 Å². The molecule has 0 aromatic rings. The molecule has 0 heterocycles. The van der Waals surface area contributed by atoms with Gasteiger partial charge in [-0.1, -0.05) is 346 Å². The van der Waals surface area contributed by atoms with Crippen LogP contribution >= 0.6 is 15.6 Å². The monoisotopic (exact) mass is 1590 g/mol. The van der Waals surface area contributed by atoms with E-state index in [0.717, 1.165) is 186 Å². The number of carbonyl (C=O) groups is 3. The number of aliphatic hydroxyl groups excluding tert-OH is 2. The molecular weight excluding hydrogens is 1430 g/mol. The number of rotatable bonds is 82. The van der Waals surface area contributed by atoms with Crippen LogP contribution in [0.4, 0.5) is 0 Å². The fourth-order valence-electron chi connectivity index (χ4n) is 11.6. The largest absolute Gasteiger partial charge is 0.472 e. The van der Waals surface area contributed by atoms with Crippen LogP contribution in [0.5, 0.6) is 0 Å². The summed E-state index contributed by atoms with van der Waals surface area (Å²) in [5, 5.41) is 20.7. The summed E-state index contributed by atoms with van der Waals surface area (Å²) in [6.07, 6.45) is 107. The Morgan fingerprint density at radius 2 is 0.477 bits per heavy atom. The topological polar surface area (TPSA) is 231 Å². The van der Waals surface area contributed by atoms with E-state index in [0.29, 0.717) is 19.3 Å². The maximum atomic E-state index is 13.0. The van der Waals surface area contributed by atoms with Crippen molar-refractivity contribution in [1.29, 1.82) is 0 Å². The summed E-state index contributed by atoms with van der Waals surface area (Å²) in [5.41, 5.74) is 0. The number of hydrogen-bond donors (Lipinski definition) is 4. The first kappa shape index (κ1) is 106. The summed E-state index contributed by atoms with van der Waals surface area (Å²) >= 11 is 0. The summed E-state index contributed by atoms with van der Waals surface area (Å²) in [4.78, 5) is 58.9. The Hall–Kier alpha value is -4.83. The van der Waals surface area contributed by atoms with Crippen molar-refractivity contribution >= 4 is 33.6 Å². The lowest BCUT2D eigenvalue weighted by Gasteiger charge is -2.21. The van der Waals surface area contributed by atoms with Gasteiger partial charge in [0.15, 0.2) is 6.10 Å². The van der Waals surface area contributed by atoms with Gasteiger partial charge in [-0.05, 0) is 148 Å². The third-order valence-corrected chi connectivity index (χ3v) is 20.1. The molecule has 5 atom stereocenters. The zero-order chi connectivity index (χ0) is 80.8. The quantitative estimate of drug-likeness (QED) is 0.0146. The number of allylic oxidation sites excluding steroid dienone is 26. The van der Waals surface area contributed by atoms with Gasteiger partial charge in [-0.25, -0.2) is 9.13 Å². The van der Waals surface area contributed by atoms with Gasteiger partial charge in [0.05, 0.1) is 26.4 Å². The van der Waals surface area contributed by atoms with E-state index in [9.17, 15) is 43.5 Å². The molecule has 0 aromatic heterocycles. The van der Waals surface area contributed by atoms with Crippen LogP contribution in [0.2, 0.25) is 0 Å². The average Bonchev–Trinajstić information content (AvgIpc) is 0.900. The molecule has 0 spiro atoms. The Bertz CT molecular complexity index is 2650. The standard InChI is InChI=1S/C93H158O16P2/c1-4-7-10-13-16-19-22-25-28-31-34-36-38-39-40-41-42-43-44-45-46-47-49-51-53-55-58-61-64-67-70-73-76-79-91(96)103-82-88(94)83-105-110(99,100)106-84-89(95)85-107-111(101,102)108-87-90(109-93(98)81-78-75-72-69-66-63-60-57-52-33-30-27-24-21-18-15-12-9-6-3)86-104-92(97)80-77-74-71-68-65-62-59-56-54-50-48-37-35-32-29-26-23-20-17-14-11-8-5-2/h7-8,10-11,16-21,25-30,34-37,39-40,50,52,54,57,88-90,94-95H,4-6,9,12-15,22-24,31-33,38,41-49,51,53,55-56,58-87H2,1-3H3,(H,99,100)(H,101,102)/b10-7-,11-8-,19-16-,20-17-,21-18-,28-25-,29-26-,30-27-,36-34-,37-35-,40-39-,54-50-,57-52-. The highest BCUT2D eigenvalue weighted by atomic mass is 31.2. The van der Waals surface area contributed by atoms with Crippen molar-refractivity contribution in [3.8, 4) is 0 Å². The zero-order valence-corrected chi connectivity index (χ0v) is 71.6. The van der Waals surface area contributed by atoms with E-state index in [1.54, 1.807) is 0 Å². The van der Waals surface area contributed by atoms with Gasteiger partial charge in [-0.2, -0.15) is 0 Å². The molecular formula is C93H158O16P2. The molecule has 5 unspecified atom stereocenters. The fourth-order valence-corrected chi connectivity index (χ4v) is 13.2. The van der Waals surface area contributed by atoms with E-state index in [1.165, 1.54) is 109 Å². The van der Waals surface area contributed by atoms with Crippen LogP contribution in [-0.2, 0) is 55.8 Å². The van der Waals surface area contributed by atoms with E-state index in [4.69, 9.17) is 32.3 Å². The lowest BCUT2D eigenvalue weighted by molar-refractivity contribution is -0.161. The molecule has 0 amide bonds. The molecule has 0 rings (SSSR count). The number of phosphoric acid groups is 2. The van der Waals surface area contributed by atoms with Crippen LogP contribution in [0, 0.1) is 0 Å². The van der Waals surface area contributed by atoms with Crippen molar-refractivity contribution in [1.82, 2.24) is 0 Å². The first-order chi connectivity index (χ1) is 54.2. The number of unbranched alkanes of at least 4 members (excludes halogenated alkanes) is 33. The third-order valence-electron chi connectivity index (χ3n) is 18.2.